The molecule has 0 radical (unpaired) electrons. The Morgan fingerprint density at radius 1 is 1.06 bits per heavy atom. The minimum absolute atomic E-state index is 0.0941. The fraction of sp³-hybridized carbons (Fsp3) is 0.320. The third-order valence-electron chi connectivity index (χ3n) is 5.76. The molecule has 32 heavy (non-hydrogen) atoms. The van der Waals surface area contributed by atoms with Crippen molar-refractivity contribution in [3.8, 4) is 0 Å². The lowest BCUT2D eigenvalue weighted by molar-refractivity contribution is -0.127. The van der Waals surface area contributed by atoms with Crippen molar-refractivity contribution in [2.75, 3.05) is 0 Å². The molecule has 2 aromatic heterocycles. The number of hydrogen-bond donors (Lipinski definition) is 1. The number of carbonyl (C=O) groups excluding carboxylic acids is 2. The first-order valence-electron chi connectivity index (χ1n) is 10.9. The van der Waals surface area contributed by atoms with Crippen LogP contribution >= 0.6 is 11.6 Å². The first-order chi connectivity index (χ1) is 15.6. The molecule has 2 amide bonds. The number of benzene rings is 1. The van der Waals surface area contributed by atoms with Gasteiger partial charge in [-0.2, -0.15) is 0 Å². The summed E-state index contributed by atoms with van der Waals surface area (Å²) >= 11 is 6.53. The maximum Gasteiger partial charge on any atom is 0.273 e. The largest absolute Gasteiger partial charge is 0.467 e. The van der Waals surface area contributed by atoms with Gasteiger partial charge in [-0.15, -0.1) is 0 Å². The Balaban J connectivity index is 1.73. The van der Waals surface area contributed by atoms with E-state index in [1.54, 1.807) is 61.0 Å². The van der Waals surface area contributed by atoms with Crippen LogP contribution in [-0.2, 0) is 11.3 Å². The highest BCUT2D eigenvalue weighted by atomic mass is 35.5. The molecule has 1 aliphatic rings. The Morgan fingerprint density at radius 2 is 1.84 bits per heavy atom. The Morgan fingerprint density at radius 3 is 2.53 bits per heavy atom. The van der Waals surface area contributed by atoms with Crippen molar-refractivity contribution < 1.29 is 14.0 Å². The average Bonchev–Trinajstić information content (AvgIpc) is 3.34. The van der Waals surface area contributed by atoms with Gasteiger partial charge in [-0.1, -0.05) is 55.1 Å². The molecule has 4 rings (SSSR count). The van der Waals surface area contributed by atoms with Crippen LogP contribution in [0.5, 0.6) is 0 Å². The number of carbonyl (C=O) groups is 2. The van der Waals surface area contributed by atoms with Gasteiger partial charge >= 0.3 is 0 Å². The van der Waals surface area contributed by atoms with Crippen LogP contribution in [0.4, 0.5) is 0 Å². The zero-order chi connectivity index (χ0) is 22.3. The highest BCUT2D eigenvalue weighted by Gasteiger charge is 2.35. The van der Waals surface area contributed by atoms with Gasteiger partial charge < -0.3 is 14.6 Å². The van der Waals surface area contributed by atoms with Gasteiger partial charge in [0.1, 0.15) is 17.5 Å². The van der Waals surface area contributed by atoms with E-state index in [0.717, 1.165) is 25.7 Å². The number of furan rings is 1. The number of nitrogens with one attached hydrogen (secondary N) is 1. The molecule has 0 spiro atoms. The van der Waals surface area contributed by atoms with Crippen molar-refractivity contribution in [1.82, 2.24) is 15.2 Å². The SMILES string of the molecule is O=C(NC1CCCCC1)[C@H](c1ccccc1Cl)N(Cc1ccco1)C(=O)c1ccccn1. The number of hydrogen-bond acceptors (Lipinski definition) is 4. The van der Waals surface area contributed by atoms with E-state index in [1.165, 1.54) is 11.3 Å². The maximum atomic E-state index is 13.7. The first-order valence-corrected chi connectivity index (χ1v) is 11.3. The minimum Gasteiger partial charge on any atom is -0.467 e. The van der Waals surface area contributed by atoms with Gasteiger partial charge in [0.05, 0.1) is 12.8 Å². The van der Waals surface area contributed by atoms with Crippen molar-refractivity contribution in [1.29, 1.82) is 0 Å². The van der Waals surface area contributed by atoms with E-state index < -0.39 is 6.04 Å². The van der Waals surface area contributed by atoms with Gasteiger partial charge in [0.15, 0.2) is 0 Å². The Labute approximate surface area is 192 Å². The Hall–Kier alpha value is -3.12. The lowest BCUT2D eigenvalue weighted by atomic mass is 9.94. The van der Waals surface area contributed by atoms with Crippen LogP contribution in [0.3, 0.4) is 0 Å². The molecule has 6 nitrogen and oxygen atoms in total. The van der Waals surface area contributed by atoms with E-state index in [1.807, 2.05) is 6.07 Å². The summed E-state index contributed by atoms with van der Waals surface area (Å²) in [6, 6.07) is 15.0. The van der Waals surface area contributed by atoms with Gasteiger partial charge in [-0.05, 0) is 43.2 Å². The summed E-state index contributed by atoms with van der Waals surface area (Å²) in [4.78, 5) is 33.0. The zero-order valence-corrected chi connectivity index (χ0v) is 18.5. The lowest BCUT2D eigenvalue weighted by Gasteiger charge is -2.33. The van der Waals surface area contributed by atoms with Crippen molar-refractivity contribution in [2.24, 2.45) is 0 Å². The number of nitrogens with zero attached hydrogens (tertiary/aromatic N) is 2. The second kappa shape index (κ2) is 10.5. The molecular weight excluding hydrogens is 426 g/mol. The summed E-state index contributed by atoms with van der Waals surface area (Å²) in [5.41, 5.74) is 0.819. The van der Waals surface area contributed by atoms with E-state index in [2.05, 4.69) is 10.3 Å². The van der Waals surface area contributed by atoms with Crippen molar-refractivity contribution >= 4 is 23.4 Å². The first kappa shape index (κ1) is 22.1. The third-order valence-corrected chi connectivity index (χ3v) is 6.11. The monoisotopic (exact) mass is 451 g/mol. The Kier molecular flexibility index (Phi) is 7.22. The van der Waals surface area contributed by atoms with E-state index in [0.29, 0.717) is 16.3 Å². The highest BCUT2D eigenvalue weighted by Crippen LogP contribution is 2.31. The molecule has 0 unspecified atom stereocenters. The average molecular weight is 452 g/mol. The highest BCUT2D eigenvalue weighted by molar-refractivity contribution is 6.31. The molecule has 1 fully saturated rings. The minimum atomic E-state index is -0.926. The van der Waals surface area contributed by atoms with Gasteiger partial charge in [0.25, 0.3) is 5.91 Å². The van der Waals surface area contributed by atoms with E-state index in [9.17, 15) is 9.59 Å². The van der Waals surface area contributed by atoms with Crippen LogP contribution in [0.1, 0.15) is 60.0 Å². The molecule has 0 saturated heterocycles. The maximum absolute atomic E-state index is 13.7. The number of rotatable bonds is 7. The second-order valence-electron chi connectivity index (χ2n) is 7.99. The number of pyridine rings is 1. The van der Waals surface area contributed by atoms with Crippen LogP contribution < -0.4 is 5.32 Å². The third kappa shape index (κ3) is 5.19. The fourth-order valence-corrected chi connectivity index (χ4v) is 4.40. The molecule has 2 heterocycles. The molecule has 1 N–H and O–H groups in total. The van der Waals surface area contributed by atoms with E-state index >= 15 is 0 Å². The second-order valence-corrected chi connectivity index (χ2v) is 8.40. The summed E-state index contributed by atoms with van der Waals surface area (Å²) in [5, 5.41) is 3.59. The predicted molar refractivity (Wildman–Crippen MR) is 122 cm³/mol. The molecule has 1 saturated carbocycles. The van der Waals surface area contributed by atoms with Gasteiger partial charge in [0, 0.05) is 22.8 Å². The van der Waals surface area contributed by atoms with Crippen LogP contribution in [0.15, 0.2) is 71.5 Å². The lowest BCUT2D eigenvalue weighted by Crippen LogP contribution is -2.47. The summed E-state index contributed by atoms with van der Waals surface area (Å²) in [5.74, 6) is -0.0525. The predicted octanol–water partition coefficient (Wildman–Crippen LogP) is 5.16. The van der Waals surface area contributed by atoms with E-state index in [4.69, 9.17) is 16.0 Å². The molecular formula is C25H26ClN3O3. The summed E-state index contributed by atoms with van der Waals surface area (Å²) in [6.45, 7) is 0.108. The summed E-state index contributed by atoms with van der Waals surface area (Å²) in [7, 11) is 0. The molecule has 7 heteroatoms. The van der Waals surface area contributed by atoms with Gasteiger partial charge in [-0.25, -0.2) is 0 Å². The number of halogens is 1. The van der Waals surface area contributed by atoms with E-state index in [-0.39, 0.29) is 30.1 Å². The summed E-state index contributed by atoms with van der Waals surface area (Å²) in [6.07, 6.45) is 8.34. The standard InChI is InChI=1S/C25H26ClN3O3/c26-21-13-5-4-12-20(21)23(24(30)28-18-9-2-1-3-10-18)29(17-19-11-8-16-32-19)25(31)22-14-6-7-15-27-22/h4-8,11-16,18,23H,1-3,9-10,17H2,(H,28,30)/t23-/m0/s1. The Bertz CT molecular complexity index is 1030. The molecule has 1 aromatic carbocycles. The van der Waals surface area contributed by atoms with Crippen LogP contribution in [0, 0.1) is 0 Å². The molecule has 3 aromatic rings. The smallest absolute Gasteiger partial charge is 0.273 e. The quantitative estimate of drug-likeness (QED) is 0.538. The zero-order valence-electron chi connectivity index (χ0n) is 17.7. The fourth-order valence-electron chi connectivity index (χ4n) is 4.16. The topological polar surface area (TPSA) is 75.4 Å². The van der Waals surface area contributed by atoms with Crippen LogP contribution in [-0.4, -0.2) is 27.7 Å². The van der Waals surface area contributed by atoms with Gasteiger partial charge in [-0.3, -0.25) is 14.6 Å². The molecule has 1 aliphatic carbocycles. The molecule has 166 valence electrons. The van der Waals surface area contributed by atoms with Crippen molar-refractivity contribution in [3.63, 3.8) is 0 Å². The van der Waals surface area contributed by atoms with Crippen LogP contribution in [0.25, 0.3) is 0 Å². The normalized spacial score (nSPS) is 15.2. The van der Waals surface area contributed by atoms with Crippen LogP contribution in [0.2, 0.25) is 5.02 Å². The number of aromatic nitrogens is 1. The number of amides is 2. The van der Waals surface area contributed by atoms with Crippen molar-refractivity contribution in [2.45, 2.75) is 50.7 Å². The molecule has 1 atom stereocenters. The van der Waals surface area contributed by atoms with Crippen molar-refractivity contribution in [3.05, 3.63) is 89.1 Å². The molecule has 0 aliphatic heterocycles. The molecule has 0 bridgehead atoms. The van der Waals surface area contributed by atoms with Gasteiger partial charge in [0.2, 0.25) is 5.91 Å². The summed E-state index contributed by atoms with van der Waals surface area (Å²) < 4.78 is 5.52.